The summed E-state index contributed by atoms with van der Waals surface area (Å²) in [7, 11) is 0. The average molecular weight is 400 g/mol. The Morgan fingerprint density at radius 1 is 1.12 bits per heavy atom. The molecular weight excluding hydrogens is 383 g/mol. The highest BCUT2D eigenvalue weighted by Crippen LogP contribution is 2.35. The number of hydrogen-bond donors (Lipinski definition) is 2. The van der Waals surface area contributed by atoms with Crippen LogP contribution in [0.3, 0.4) is 0 Å². The maximum atomic E-state index is 6.23. The van der Waals surface area contributed by atoms with Crippen molar-refractivity contribution in [1.82, 2.24) is 9.71 Å². The van der Waals surface area contributed by atoms with Gasteiger partial charge in [0.2, 0.25) is 0 Å². The summed E-state index contributed by atoms with van der Waals surface area (Å²) in [6, 6.07) is 12.0. The number of fused-ring (bicyclic) bond motifs is 1. The van der Waals surface area contributed by atoms with Crippen LogP contribution in [0.15, 0.2) is 41.3 Å². The molecule has 24 heavy (non-hydrogen) atoms. The van der Waals surface area contributed by atoms with Gasteiger partial charge >= 0.3 is 0 Å². The molecule has 1 aromatic heterocycles. The van der Waals surface area contributed by atoms with E-state index in [1.54, 1.807) is 12.1 Å². The van der Waals surface area contributed by atoms with Crippen molar-refractivity contribution in [3.05, 3.63) is 62.7 Å². The fourth-order valence-corrected chi connectivity index (χ4v) is 4.50. The number of rotatable bonds is 5. The molecule has 0 saturated carbocycles. The molecule has 2 nitrogen and oxygen atoms in total. The number of para-hydroxylation sites is 1. The molecule has 0 fully saturated rings. The van der Waals surface area contributed by atoms with Crippen molar-refractivity contribution in [2.45, 2.75) is 31.2 Å². The van der Waals surface area contributed by atoms with Crippen LogP contribution in [0.4, 0.5) is 0 Å². The number of aryl methyl sites for hydroxylation is 1. The summed E-state index contributed by atoms with van der Waals surface area (Å²) in [6.07, 6.45) is 0.908. The highest BCUT2D eigenvalue weighted by molar-refractivity contribution is 7.97. The van der Waals surface area contributed by atoms with Crippen LogP contribution < -0.4 is 4.72 Å². The highest BCUT2D eigenvalue weighted by Gasteiger charge is 2.14. The summed E-state index contributed by atoms with van der Waals surface area (Å²) in [5, 5.41) is 2.92. The van der Waals surface area contributed by atoms with Gasteiger partial charge in [0.25, 0.3) is 0 Å². The molecule has 0 aliphatic rings. The Morgan fingerprint density at radius 2 is 1.79 bits per heavy atom. The molecule has 1 heterocycles. The first-order valence-corrected chi connectivity index (χ1v) is 9.54. The molecule has 2 N–H and O–H groups in total. The van der Waals surface area contributed by atoms with Gasteiger partial charge in [0.1, 0.15) is 0 Å². The van der Waals surface area contributed by atoms with Crippen LogP contribution >= 0.6 is 46.8 Å². The average Bonchev–Trinajstić information content (AvgIpc) is 2.82. The third-order valence-corrected chi connectivity index (χ3v) is 6.07. The van der Waals surface area contributed by atoms with Crippen molar-refractivity contribution in [3.63, 3.8) is 0 Å². The molecule has 0 spiro atoms. The van der Waals surface area contributed by atoms with Crippen LogP contribution in [0.2, 0.25) is 15.1 Å². The van der Waals surface area contributed by atoms with E-state index in [2.05, 4.69) is 41.8 Å². The van der Waals surface area contributed by atoms with Crippen LogP contribution in [0.1, 0.15) is 18.2 Å². The topological polar surface area (TPSA) is 27.8 Å². The molecule has 3 rings (SSSR count). The zero-order valence-corrected chi connectivity index (χ0v) is 16.4. The van der Waals surface area contributed by atoms with Gasteiger partial charge in [-0.2, -0.15) is 0 Å². The number of aromatic amines is 1. The lowest BCUT2D eigenvalue weighted by Gasteiger charge is -2.15. The lowest BCUT2D eigenvalue weighted by atomic mass is 10.0. The molecule has 3 aromatic rings. The number of aromatic nitrogens is 1. The first-order chi connectivity index (χ1) is 11.5. The van der Waals surface area contributed by atoms with Gasteiger partial charge in [-0.1, -0.05) is 53.0 Å². The molecule has 6 heteroatoms. The molecule has 0 amide bonds. The second-order valence-corrected chi connectivity index (χ2v) is 7.90. The molecule has 1 atom stereocenters. The van der Waals surface area contributed by atoms with E-state index in [1.807, 2.05) is 6.07 Å². The predicted octanol–water partition coefficient (Wildman–Crippen LogP) is 6.66. The number of hydrogen-bond acceptors (Lipinski definition) is 2. The van der Waals surface area contributed by atoms with Crippen LogP contribution in [0, 0.1) is 6.92 Å². The van der Waals surface area contributed by atoms with E-state index in [9.17, 15) is 0 Å². The van der Waals surface area contributed by atoms with Gasteiger partial charge in [0, 0.05) is 27.7 Å². The third kappa shape index (κ3) is 3.87. The Balaban J connectivity index is 1.72. The van der Waals surface area contributed by atoms with Crippen LogP contribution in [-0.4, -0.2) is 11.0 Å². The summed E-state index contributed by atoms with van der Waals surface area (Å²) >= 11 is 19.9. The van der Waals surface area contributed by atoms with Gasteiger partial charge in [-0.3, -0.25) is 4.72 Å². The molecule has 0 bridgehead atoms. The lowest BCUT2D eigenvalue weighted by molar-refractivity contribution is 0.689. The fourth-order valence-electron chi connectivity index (χ4n) is 2.73. The van der Waals surface area contributed by atoms with Crippen LogP contribution in [-0.2, 0) is 6.42 Å². The molecule has 126 valence electrons. The summed E-state index contributed by atoms with van der Waals surface area (Å²) < 4.78 is 3.42. The standard InChI is InChI=1S/C18H17Cl3N2S/c1-10(23-24-18-15(20)8-12(19)9-16(18)21)7-14-11(2)22-17-6-4-3-5-13(14)17/h3-6,8-10,22-23H,7H2,1-2H3. The smallest absolute Gasteiger partial charge is 0.0601 e. The number of halogens is 3. The maximum Gasteiger partial charge on any atom is 0.0601 e. The van der Waals surface area contributed by atoms with E-state index >= 15 is 0 Å². The quantitative estimate of drug-likeness (QED) is 0.469. The van der Waals surface area contributed by atoms with Gasteiger partial charge < -0.3 is 4.98 Å². The van der Waals surface area contributed by atoms with Crippen molar-refractivity contribution < 1.29 is 0 Å². The Labute approximate surface area is 161 Å². The van der Waals surface area contributed by atoms with E-state index in [0.29, 0.717) is 15.1 Å². The lowest BCUT2D eigenvalue weighted by Crippen LogP contribution is -2.22. The zero-order chi connectivity index (χ0) is 17.3. The van der Waals surface area contributed by atoms with Crippen molar-refractivity contribution in [1.29, 1.82) is 0 Å². The van der Waals surface area contributed by atoms with Crippen molar-refractivity contribution in [2.75, 3.05) is 0 Å². The van der Waals surface area contributed by atoms with Crippen LogP contribution in [0.25, 0.3) is 10.9 Å². The SMILES string of the molecule is Cc1[nH]c2ccccc2c1CC(C)NSc1c(Cl)cc(Cl)cc1Cl. The molecular formula is C18H17Cl3N2S. The van der Waals surface area contributed by atoms with Gasteiger partial charge in [0.05, 0.1) is 14.9 Å². The minimum Gasteiger partial charge on any atom is -0.358 e. The molecule has 0 aliphatic heterocycles. The Kier molecular flexibility index (Phi) is 5.68. The van der Waals surface area contributed by atoms with E-state index in [-0.39, 0.29) is 6.04 Å². The Hall–Kier alpha value is -0.840. The van der Waals surface area contributed by atoms with Crippen LogP contribution in [0.5, 0.6) is 0 Å². The first kappa shape index (κ1) is 18.0. The van der Waals surface area contributed by atoms with E-state index < -0.39 is 0 Å². The predicted molar refractivity (Wildman–Crippen MR) is 107 cm³/mol. The monoisotopic (exact) mass is 398 g/mol. The summed E-state index contributed by atoms with van der Waals surface area (Å²) in [5.74, 6) is 0. The second kappa shape index (κ2) is 7.59. The largest absolute Gasteiger partial charge is 0.358 e. The highest BCUT2D eigenvalue weighted by atomic mass is 35.5. The van der Waals surface area contributed by atoms with E-state index in [1.165, 1.54) is 34.1 Å². The molecule has 0 saturated heterocycles. The first-order valence-electron chi connectivity index (χ1n) is 7.59. The zero-order valence-electron chi connectivity index (χ0n) is 13.3. The molecule has 0 radical (unpaired) electrons. The van der Waals surface area contributed by atoms with Crippen molar-refractivity contribution in [3.8, 4) is 0 Å². The molecule has 1 unspecified atom stereocenters. The number of H-pyrrole nitrogens is 1. The summed E-state index contributed by atoms with van der Waals surface area (Å²) in [6.45, 7) is 4.26. The fraction of sp³-hybridized carbons (Fsp3) is 0.222. The normalized spacial score (nSPS) is 12.7. The number of benzene rings is 2. The number of nitrogens with one attached hydrogen (secondary N) is 2. The summed E-state index contributed by atoms with van der Waals surface area (Å²) in [4.78, 5) is 4.24. The van der Waals surface area contributed by atoms with Gasteiger partial charge in [-0.05, 0) is 56.0 Å². The summed E-state index contributed by atoms with van der Waals surface area (Å²) in [5.41, 5.74) is 3.71. The van der Waals surface area contributed by atoms with Gasteiger partial charge in [-0.15, -0.1) is 0 Å². The Bertz CT molecular complexity index is 853. The van der Waals surface area contributed by atoms with E-state index in [0.717, 1.165) is 11.3 Å². The Morgan fingerprint density at radius 3 is 2.50 bits per heavy atom. The van der Waals surface area contributed by atoms with Gasteiger partial charge in [0.15, 0.2) is 0 Å². The minimum atomic E-state index is 0.246. The second-order valence-electron chi connectivity index (χ2n) is 5.80. The minimum absolute atomic E-state index is 0.246. The van der Waals surface area contributed by atoms with E-state index in [4.69, 9.17) is 34.8 Å². The third-order valence-electron chi connectivity index (χ3n) is 3.86. The molecule has 0 aliphatic carbocycles. The maximum absolute atomic E-state index is 6.23. The van der Waals surface area contributed by atoms with Crippen molar-refractivity contribution in [2.24, 2.45) is 0 Å². The van der Waals surface area contributed by atoms with Crippen molar-refractivity contribution >= 4 is 57.7 Å². The molecule has 2 aromatic carbocycles. The van der Waals surface area contributed by atoms with Gasteiger partial charge in [-0.25, -0.2) is 0 Å².